The van der Waals surface area contributed by atoms with Crippen molar-refractivity contribution in [1.82, 2.24) is 26.6 Å². The highest BCUT2D eigenvalue weighted by molar-refractivity contribution is 7.98. The summed E-state index contributed by atoms with van der Waals surface area (Å²) in [7, 11) is 0. The molecule has 0 heterocycles. The van der Waals surface area contributed by atoms with Gasteiger partial charge in [-0.25, -0.2) is 4.79 Å². The van der Waals surface area contributed by atoms with Crippen molar-refractivity contribution < 1.29 is 39.0 Å². The summed E-state index contributed by atoms with van der Waals surface area (Å²) in [4.78, 5) is 72.4. The number of phenols is 1. The molecule has 5 amide bonds. The molecule has 14 heteroatoms. The number of aliphatic carboxylic acids is 1. The van der Waals surface area contributed by atoms with E-state index in [4.69, 9.17) is 0 Å². The van der Waals surface area contributed by atoms with Crippen LogP contribution in [0.25, 0.3) is 0 Å². The average molecular weight is 554 g/mol. The highest BCUT2D eigenvalue weighted by atomic mass is 32.2. The number of nitrogens with one attached hydrogen (secondary N) is 5. The normalized spacial score (nSPS) is 13.7. The van der Waals surface area contributed by atoms with Crippen molar-refractivity contribution in [1.29, 1.82) is 0 Å². The topological polar surface area (TPSA) is 203 Å². The standard InChI is InChI=1S/C24H35N5O8S/c1-13(21(33)25-12-20(32)29-18(24(36)37)9-10-38-4)26-22(34)14(2)27-23(35)19(28-15(3)30)11-16-5-7-17(31)8-6-16/h5-8,13-14,18-19,31H,9-12H2,1-4H3,(H,25,33)(H,26,34)(H,27,35)(H,28,30)(H,29,32)(H,36,37)/t13-,14-,18-,19-/m0/s1. The Morgan fingerprint density at radius 2 is 1.42 bits per heavy atom. The molecule has 0 bridgehead atoms. The molecule has 0 unspecified atom stereocenters. The van der Waals surface area contributed by atoms with Crippen LogP contribution < -0.4 is 26.6 Å². The smallest absolute Gasteiger partial charge is 0.326 e. The number of carbonyl (C=O) groups excluding carboxylic acids is 5. The zero-order valence-electron chi connectivity index (χ0n) is 21.7. The van der Waals surface area contributed by atoms with E-state index in [2.05, 4.69) is 26.6 Å². The zero-order valence-corrected chi connectivity index (χ0v) is 22.5. The lowest BCUT2D eigenvalue weighted by atomic mass is 10.0. The Hall–Kier alpha value is -3.81. The minimum absolute atomic E-state index is 0.0500. The largest absolute Gasteiger partial charge is 0.508 e. The van der Waals surface area contributed by atoms with Crippen molar-refractivity contribution >= 4 is 47.3 Å². The van der Waals surface area contributed by atoms with Crippen LogP contribution in [0.2, 0.25) is 0 Å². The van der Waals surface area contributed by atoms with Gasteiger partial charge in [-0.15, -0.1) is 0 Å². The lowest BCUT2D eigenvalue weighted by Gasteiger charge is -2.22. The molecule has 1 aromatic carbocycles. The van der Waals surface area contributed by atoms with Crippen molar-refractivity contribution in [2.75, 3.05) is 18.6 Å². The van der Waals surface area contributed by atoms with E-state index in [-0.39, 0.29) is 18.6 Å². The molecule has 0 fully saturated rings. The number of carboxylic acids is 1. The Morgan fingerprint density at radius 3 is 1.97 bits per heavy atom. The van der Waals surface area contributed by atoms with Crippen LogP contribution >= 0.6 is 11.8 Å². The van der Waals surface area contributed by atoms with Gasteiger partial charge in [0.1, 0.15) is 29.9 Å². The fourth-order valence-corrected chi connectivity index (χ4v) is 3.64. The quantitative estimate of drug-likeness (QED) is 0.140. The number of phenolic OH excluding ortho intramolecular Hbond substituents is 1. The maximum absolute atomic E-state index is 12.7. The van der Waals surface area contributed by atoms with Gasteiger partial charge >= 0.3 is 5.97 Å². The molecule has 0 aliphatic rings. The van der Waals surface area contributed by atoms with Crippen LogP contribution in [0.15, 0.2) is 24.3 Å². The van der Waals surface area contributed by atoms with Crippen molar-refractivity contribution in [3.8, 4) is 5.75 Å². The van der Waals surface area contributed by atoms with Crippen LogP contribution in [0.5, 0.6) is 5.75 Å². The maximum Gasteiger partial charge on any atom is 0.326 e. The summed E-state index contributed by atoms with van der Waals surface area (Å²) in [5, 5.41) is 30.7. The van der Waals surface area contributed by atoms with E-state index >= 15 is 0 Å². The summed E-state index contributed by atoms with van der Waals surface area (Å²) >= 11 is 1.44. The Labute approximate surface area is 224 Å². The molecule has 1 aromatic rings. The molecule has 13 nitrogen and oxygen atoms in total. The molecule has 4 atom stereocenters. The SMILES string of the molecule is CSCC[C@H](NC(=O)CNC(=O)[C@H](C)NC(=O)[C@H](C)NC(=O)[C@H](Cc1ccc(O)cc1)NC(C)=O)C(=O)O. The van der Waals surface area contributed by atoms with Gasteiger partial charge in [-0.1, -0.05) is 12.1 Å². The number of thioether (sulfide) groups is 1. The third-order valence-electron chi connectivity index (χ3n) is 5.24. The van der Waals surface area contributed by atoms with E-state index in [1.807, 2.05) is 6.26 Å². The van der Waals surface area contributed by atoms with Gasteiger partial charge < -0.3 is 36.8 Å². The van der Waals surface area contributed by atoms with Gasteiger partial charge in [-0.05, 0) is 50.0 Å². The molecular weight excluding hydrogens is 518 g/mol. The number of carboxylic acid groups (broad SMARTS) is 1. The predicted octanol–water partition coefficient (Wildman–Crippen LogP) is -1.11. The molecule has 0 saturated heterocycles. The minimum Gasteiger partial charge on any atom is -0.508 e. The fourth-order valence-electron chi connectivity index (χ4n) is 3.16. The Kier molecular flexibility index (Phi) is 13.7. The minimum atomic E-state index is -1.18. The first-order valence-electron chi connectivity index (χ1n) is 11.8. The second-order valence-electron chi connectivity index (χ2n) is 8.54. The summed E-state index contributed by atoms with van der Waals surface area (Å²) in [6.45, 7) is 3.55. The van der Waals surface area contributed by atoms with Gasteiger partial charge in [0.05, 0.1) is 6.54 Å². The van der Waals surface area contributed by atoms with Crippen molar-refractivity contribution in [3.05, 3.63) is 29.8 Å². The van der Waals surface area contributed by atoms with Crippen LogP contribution in [0, 0.1) is 0 Å². The summed E-state index contributed by atoms with van der Waals surface area (Å²) in [5.41, 5.74) is 0.669. The lowest BCUT2D eigenvalue weighted by Crippen LogP contribution is -2.56. The van der Waals surface area contributed by atoms with E-state index in [1.54, 1.807) is 12.1 Å². The third kappa shape index (κ3) is 12.0. The molecule has 0 spiro atoms. The van der Waals surface area contributed by atoms with Gasteiger partial charge in [0, 0.05) is 13.3 Å². The van der Waals surface area contributed by atoms with E-state index < -0.39 is 66.2 Å². The van der Waals surface area contributed by atoms with Crippen LogP contribution in [-0.4, -0.2) is 88.4 Å². The second kappa shape index (κ2) is 16.1. The summed E-state index contributed by atoms with van der Waals surface area (Å²) < 4.78 is 0. The molecule has 210 valence electrons. The van der Waals surface area contributed by atoms with Crippen molar-refractivity contribution in [3.63, 3.8) is 0 Å². The number of benzene rings is 1. The van der Waals surface area contributed by atoms with Gasteiger partial charge in [0.2, 0.25) is 29.5 Å². The van der Waals surface area contributed by atoms with E-state index in [0.29, 0.717) is 11.3 Å². The van der Waals surface area contributed by atoms with Crippen LogP contribution in [-0.2, 0) is 35.2 Å². The summed E-state index contributed by atoms with van der Waals surface area (Å²) in [5.74, 6) is -3.74. The molecule has 0 radical (unpaired) electrons. The lowest BCUT2D eigenvalue weighted by molar-refractivity contribution is -0.141. The van der Waals surface area contributed by atoms with Crippen molar-refractivity contribution in [2.24, 2.45) is 0 Å². The number of hydrogen-bond acceptors (Lipinski definition) is 8. The molecule has 0 saturated carbocycles. The molecule has 0 aliphatic heterocycles. The summed E-state index contributed by atoms with van der Waals surface area (Å²) in [6, 6.07) is 1.89. The molecule has 38 heavy (non-hydrogen) atoms. The fraction of sp³-hybridized carbons (Fsp3) is 0.500. The average Bonchev–Trinajstić information content (AvgIpc) is 2.85. The zero-order chi connectivity index (χ0) is 28.8. The number of rotatable bonds is 15. The number of carbonyl (C=O) groups is 6. The Balaban J connectivity index is 2.60. The van der Waals surface area contributed by atoms with Crippen LogP contribution in [0.1, 0.15) is 32.8 Å². The molecule has 1 rings (SSSR count). The van der Waals surface area contributed by atoms with Crippen LogP contribution in [0.4, 0.5) is 0 Å². The maximum atomic E-state index is 12.7. The first kappa shape index (κ1) is 32.2. The monoisotopic (exact) mass is 553 g/mol. The first-order valence-corrected chi connectivity index (χ1v) is 13.2. The van der Waals surface area contributed by atoms with E-state index in [9.17, 15) is 39.0 Å². The van der Waals surface area contributed by atoms with Crippen LogP contribution in [0.3, 0.4) is 0 Å². The van der Waals surface area contributed by atoms with Gasteiger partial charge in [0.25, 0.3) is 0 Å². The highest BCUT2D eigenvalue weighted by Gasteiger charge is 2.26. The molecule has 0 aromatic heterocycles. The number of amides is 5. The van der Waals surface area contributed by atoms with Gasteiger partial charge in [-0.2, -0.15) is 11.8 Å². The Bertz CT molecular complexity index is 1000. The highest BCUT2D eigenvalue weighted by Crippen LogP contribution is 2.11. The van der Waals surface area contributed by atoms with Gasteiger partial charge in [-0.3, -0.25) is 24.0 Å². The summed E-state index contributed by atoms with van der Waals surface area (Å²) in [6.07, 6.45) is 2.15. The third-order valence-corrected chi connectivity index (χ3v) is 5.89. The molecule has 7 N–H and O–H groups in total. The van der Waals surface area contributed by atoms with E-state index in [1.165, 1.54) is 44.7 Å². The Morgan fingerprint density at radius 1 is 0.842 bits per heavy atom. The second-order valence-corrected chi connectivity index (χ2v) is 9.53. The molecule has 0 aliphatic carbocycles. The first-order chi connectivity index (χ1) is 17.8. The van der Waals surface area contributed by atoms with Crippen molar-refractivity contribution in [2.45, 2.75) is 57.8 Å². The van der Waals surface area contributed by atoms with Gasteiger partial charge in [0.15, 0.2) is 0 Å². The van der Waals surface area contributed by atoms with E-state index in [0.717, 1.165) is 0 Å². The number of hydrogen-bond donors (Lipinski definition) is 7. The number of aromatic hydroxyl groups is 1. The molecular formula is C24H35N5O8S. The predicted molar refractivity (Wildman–Crippen MR) is 140 cm³/mol.